The third-order valence-corrected chi connectivity index (χ3v) is 5.44. The van der Waals surface area contributed by atoms with E-state index in [1.165, 1.54) is 4.31 Å². The molecule has 0 N–H and O–H groups in total. The van der Waals surface area contributed by atoms with E-state index in [9.17, 15) is 8.42 Å². The Bertz CT molecular complexity index is 686. The maximum atomic E-state index is 12.8. The van der Waals surface area contributed by atoms with E-state index >= 15 is 0 Å². The Balaban J connectivity index is 2.32. The second-order valence-corrected chi connectivity index (χ2v) is 7.64. The van der Waals surface area contributed by atoms with Gasteiger partial charge in [-0.1, -0.05) is 59.3 Å². The Labute approximate surface area is 134 Å². The lowest BCUT2D eigenvalue weighted by molar-refractivity contribution is 0.405. The molecule has 0 atom stereocenters. The molecule has 0 aliphatic carbocycles. The fraction of sp³-hybridized carbons (Fsp3) is 0.250. The van der Waals surface area contributed by atoms with Gasteiger partial charge in [-0.05, 0) is 30.2 Å². The van der Waals surface area contributed by atoms with Gasteiger partial charge in [0.1, 0.15) is 0 Å². The smallest absolute Gasteiger partial charge is 0.207 e. The molecule has 0 saturated heterocycles. The number of benzene rings is 2. The van der Waals surface area contributed by atoms with Gasteiger partial charge in [0.25, 0.3) is 0 Å². The van der Waals surface area contributed by atoms with Crippen LogP contribution in [0.25, 0.3) is 0 Å². The average Bonchev–Trinajstić information content (AvgIpc) is 2.48. The minimum absolute atomic E-state index is 0.321. The van der Waals surface area contributed by atoms with Crippen molar-refractivity contribution in [3.63, 3.8) is 0 Å². The summed E-state index contributed by atoms with van der Waals surface area (Å²) in [6.45, 7) is 2.88. The lowest BCUT2D eigenvalue weighted by Crippen LogP contribution is -2.31. The molecular formula is C16H18BrNO2S. The molecule has 0 fully saturated rings. The first-order chi connectivity index (χ1) is 10.0. The molecule has 0 bridgehead atoms. The van der Waals surface area contributed by atoms with Gasteiger partial charge in [0.2, 0.25) is 10.0 Å². The largest absolute Gasteiger partial charge is 0.243 e. The Morgan fingerprint density at radius 2 is 1.76 bits per heavy atom. The summed E-state index contributed by atoms with van der Waals surface area (Å²) in [6.07, 6.45) is 0.778. The highest BCUT2D eigenvalue weighted by Gasteiger charge is 2.23. The second kappa shape index (κ2) is 7.20. The number of rotatable bonds is 6. The summed E-state index contributed by atoms with van der Waals surface area (Å²) in [7, 11) is -3.48. The van der Waals surface area contributed by atoms with Crippen LogP contribution in [-0.2, 0) is 16.6 Å². The molecule has 2 rings (SSSR count). The molecule has 0 unspecified atom stereocenters. The summed E-state index contributed by atoms with van der Waals surface area (Å²) in [4.78, 5) is 0.321. The van der Waals surface area contributed by atoms with Crippen molar-refractivity contribution in [1.29, 1.82) is 0 Å². The molecule has 0 aliphatic rings. The number of sulfonamides is 1. The van der Waals surface area contributed by atoms with E-state index in [4.69, 9.17) is 0 Å². The van der Waals surface area contributed by atoms with Crippen LogP contribution >= 0.6 is 15.9 Å². The monoisotopic (exact) mass is 367 g/mol. The van der Waals surface area contributed by atoms with E-state index in [0.717, 1.165) is 16.5 Å². The topological polar surface area (TPSA) is 37.4 Å². The van der Waals surface area contributed by atoms with Gasteiger partial charge < -0.3 is 0 Å². The van der Waals surface area contributed by atoms with E-state index in [1.807, 2.05) is 43.3 Å². The number of hydrogen-bond acceptors (Lipinski definition) is 2. The summed E-state index contributed by atoms with van der Waals surface area (Å²) in [5, 5.41) is 0. The molecule has 0 radical (unpaired) electrons. The maximum Gasteiger partial charge on any atom is 0.243 e. The quantitative estimate of drug-likeness (QED) is 0.772. The lowest BCUT2D eigenvalue weighted by Gasteiger charge is -2.22. The predicted octanol–water partition coefficient (Wildman–Crippen LogP) is 4.05. The summed E-state index contributed by atoms with van der Waals surface area (Å²) >= 11 is 3.33. The van der Waals surface area contributed by atoms with Gasteiger partial charge in [0.05, 0.1) is 4.90 Å². The maximum absolute atomic E-state index is 12.8. The molecular weight excluding hydrogens is 350 g/mol. The molecule has 0 heterocycles. The summed E-state index contributed by atoms with van der Waals surface area (Å²) in [6, 6.07) is 16.5. The molecule has 21 heavy (non-hydrogen) atoms. The first-order valence-electron chi connectivity index (χ1n) is 6.83. The van der Waals surface area contributed by atoms with Gasteiger partial charge in [0, 0.05) is 17.6 Å². The fourth-order valence-electron chi connectivity index (χ4n) is 2.10. The molecule has 0 aliphatic heterocycles. The van der Waals surface area contributed by atoms with E-state index in [2.05, 4.69) is 15.9 Å². The fourth-order valence-corrected chi connectivity index (χ4v) is 4.21. The highest BCUT2D eigenvalue weighted by molar-refractivity contribution is 9.10. The molecule has 0 aromatic heterocycles. The van der Waals surface area contributed by atoms with Crippen LogP contribution in [0.15, 0.2) is 64.0 Å². The van der Waals surface area contributed by atoms with Gasteiger partial charge in [-0.25, -0.2) is 8.42 Å². The molecule has 112 valence electrons. The van der Waals surface area contributed by atoms with Crippen molar-refractivity contribution >= 4 is 26.0 Å². The van der Waals surface area contributed by atoms with Crippen LogP contribution in [0.5, 0.6) is 0 Å². The molecule has 0 amide bonds. The van der Waals surface area contributed by atoms with Crippen LogP contribution in [0.2, 0.25) is 0 Å². The number of hydrogen-bond donors (Lipinski definition) is 0. The zero-order valence-electron chi connectivity index (χ0n) is 11.9. The third-order valence-electron chi connectivity index (χ3n) is 3.11. The Kier molecular flexibility index (Phi) is 5.56. The van der Waals surface area contributed by atoms with Crippen LogP contribution < -0.4 is 0 Å². The van der Waals surface area contributed by atoms with E-state index in [1.54, 1.807) is 18.2 Å². The molecule has 5 heteroatoms. The minimum atomic E-state index is -3.48. The van der Waals surface area contributed by atoms with Crippen molar-refractivity contribution in [2.24, 2.45) is 0 Å². The van der Waals surface area contributed by atoms with Crippen LogP contribution in [0.4, 0.5) is 0 Å². The van der Waals surface area contributed by atoms with E-state index in [0.29, 0.717) is 18.0 Å². The van der Waals surface area contributed by atoms with Crippen molar-refractivity contribution in [3.8, 4) is 0 Å². The molecule has 0 spiro atoms. The third kappa shape index (κ3) is 4.15. The van der Waals surface area contributed by atoms with Crippen molar-refractivity contribution in [2.45, 2.75) is 24.8 Å². The standard InChI is InChI=1S/C16H18BrNO2S/c1-2-11-18(13-14-7-4-3-5-8-14)21(19,20)16-10-6-9-15(17)12-16/h3-10,12H,2,11,13H2,1H3. The van der Waals surface area contributed by atoms with Crippen LogP contribution in [0, 0.1) is 0 Å². The molecule has 3 nitrogen and oxygen atoms in total. The summed E-state index contributed by atoms with van der Waals surface area (Å²) in [5.74, 6) is 0. The molecule has 2 aromatic carbocycles. The molecule has 2 aromatic rings. The Hall–Kier alpha value is -1.17. The van der Waals surface area contributed by atoms with Crippen LogP contribution in [0.1, 0.15) is 18.9 Å². The highest BCUT2D eigenvalue weighted by atomic mass is 79.9. The van der Waals surface area contributed by atoms with E-state index < -0.39 is 10.0 Å². The molecule has 0 saturated carbocycles. The van der Waals surface area contributed by atoms with E-state index in [-0.39, 0.29) is 0 Å². The van der Waals surface area contributed by atoms with Crippen molar-refractivity contribution in [1.82, 2.24) is 4.31 Å². The normalized spacial score (nSPS) is 11.8. The van der Waals surface area contributed by atoms with Gasteiger partial charge in [-0.3, -0.25) is 0 Å². The SMILES string of the molecule is CCCN(Cc1ccccc1)S(=O)(=O)c1cccc(Br)c1. The predicted molar refractivity (Wildman–Crippen MR) is 88.5 cm³/mol. The highest BCUT2D eigenvalue weighted by Crippen LogP contribution is 2.22. The summed E-state index contributed by atoms with van der Waals surface area (Å²) in [5.41, 5.74) is 0.990. The Morgan fingerprint density at radius 3 is 2.38 bits per heavy atom. The lowest BCUT2D eigenvalue weighted by atomic mass is 10.2. The summed E-state index contributed by atoms with van der Waals surface area (Å²) < 4.78 is 27.9. The van der Waals surface area contributed by atoms with Crippen molar-refractivity contribution in [2.75, 3.05) is 6.54 Å². The number of halogens is 1. The van der Waals surface area contributed by atoms with Gasteiger partial charge in [-0.15, -0.1) is 0 Å². The first kappa shape index (κ1) is 16.2. The first-order valence-corrected chi connectivity index (χ1v) is 9.07. The van der Waals surface area contributed by atoms with Crippen molar-refractivity contribution in [3.05, 3.63) is 64.6 Å². The zero-order chi connectivity index (χ0) is 15.3. The number of nitrogens with zero attached hydrogens (tertiary/aromatic N) is 1. The van der Waals surface area contributed by atoms with Gasteiger partial charge in [0.15, 0.2) is 0 Å². The van der Waals surface area contributed by atoms with Crippen LogP contribution in [0.3, 0.4) is 0 Å². The Morgan fingerprint density at radius 1 is 1.05 bits per heavy atom. The van der Waals surface area contributed by atoms with Gasteiger partial charge in [-0.2, -0.15) is 4.31 Å². The van der Waals surface area contributed by atoms with Gasteiger partial charge >= 0.3 is 0 Å². The minimum Gasteiger partial charge on any atom is -0.207 e. The van der Waals surface area contributed by atoms with Crippen LogP contribution in [-0.4, -0.2) is 19.3 Å². The van der Waals surface area contributed by atoms with Crippen molar-refractivity contribution < 1.29 is 8.42 Å². The second-order valence-electron chi connectivity index (χ2n) is 4.78. The average molecular weight is 368 g/mol. The zero-order valence-corrected chi connectivity index (χ0v) is 14.3.